The quantitative estimate of drug-likeness (QED) is 0.618. The van der Waals surface area contributed by atoms with E-state index in [0.29, 0.717) is 6.07 Å². The van der Waals surface area contributed by atoms with Gasteiger partial charge in [-0.1, -0.05) is 6.08 Å². The van der Waals surface area contributed by atoms with E-state index in [-0.39, 0.29) is 12.2 Å². The van der Waals surface area contributed by atoms with Gasteiger partial charge in [-0.25, -0.2) is 4.39 Å². The van der Waals surface area contributed by atoms with Crippen molar-refractivity contribution in [3.63, 3.8) is 0 Å². The second-order valence-corrected chi connectivity index (χ2v) is 2.67. The van der Waals surface area contributed by atoms with Gasteiger partial charge in [0.2, 0.25) is 5.82 Å². The third kappa shape index (κ3) is 2.57. The minimum Gasteiger partial charge on any atom is -0.392 e. The van der Waals surface area contributed by atoms with Gasteiger partial charge < -0.3 is 5.11 Å². The Morgan fingerprint density at radius 1 is 1.47 bits per heavy atom. The molecule has 0 spiro atoms. The van der Waals surface area contributed by atoms with Crippen LogP contribution in [0.25, 0.3) is 6.08 Å². The lowest BCUT2D eigenvalue weighted by Gasteiger charge is -1.99. The lowest BCUT2D eigenvalue weighted by Crippen LogP contribution is -1.97. The number of benzene rings is 1. The van der Waals surface area contributed by atoms with Crippen LogP contribution in [0.1, 0.15) is 5.56 Å². The molecule has 0 saturated heterocycles. The molecule has 1 N–H and O–H groups in total. The summed E-state index contributed by atoms with van der Waals surface area (Å²) in [4.78, 5) is 9.53. The largest absolute Gasteiger partial charge is 0.392 e. The van der Waals surface area contributed by atoms with Crippen LogP contribution < -0.4 is 0 Å². The Bertz CT molecular complexity index is 418. The maximum Gasteiger partial charge on any atom is 0.312 e. The fourth-order valence-corrected chi connectivity index (χ4v) is 1.09. The molecular formula is C9H7F2NO3. The lowest BCUT2D eigenvalue weighted by molar-refractivity contribution is -0.387. The summed E-state index contributed by atoms with van der Waals surface area (Å²) in [7, 11) is 0. The van der Waals surface area contributed by atoms with Crippen molar-refractivity contribution in [2.24, 2.45) is 0 Å². The number of halogens is 2. The Morgan fingerprint density at radius 3 is 2.67 bits per heavy atom. The van der Waals surface area contributed by atoms with E-state index in [1.807, 2.05) is 0 Å². The van der Waals surface area contributed by atoms with Gasteiger partial charge in [0.05, 0.1) is 17.1 Å². The maximum atomic E-state index is 13.0. The normalized spacial score (nSPS) is 10.9. The highest BCUT2D eigenvalue weighted by atomic mass is 19.1. The maximum absolute atomic E-state index is 13.0. The van der Waals surface area contributed by atoms with Crippen LogP contribution >= 0.6 is 0 Å². The van der Waals surface area contributed by atoms with Crippen LogP contribution in [0.5, 0.6) is 0 Å². The molecule has 0 atom stereocenters. The van der Waals surface area contributed by atoms with Crippen molar-refractivity contribution in [3.05, 3.63) is 45.5 Å². The van der Waals surface area contributed by atoms with E-state index in [0.717, 1.165) is 18.2 Å². The summed E-state index contributed by atoms with van der Waals surface area (Å²) >= 11 is 0. The number of nitrogens with zero attached hydrogens (tertiary/aromatic N) is 1. The molecule has 0 amide bonds. The first-order chi connectivity index (χ1) is 7.06. The monoisotopic (exact) mass is 215 g/mol. The van der Waals surface area contributed by atoms with Gasteiger partial charge in [0.1, 0.15) is 5.82 Å². The van der Waals surface area contributed by atoms with Crippen molar-refractivity contribution >= 4 is 11.8 Å². The summed E-state index contributed by atoms with van der Waals surface area (Å²) in [6.07, 6.45) is 2.24. The summed E-state index contributed by atoms with van der Waals surface area (Å²) < 4.78 is 25.8. The van der Waals surface area contributed by atoms with Crippen molar-refractivity contribution in [1.82, 2.24) is 0 Å². The van der Waals surface area contributed by atoms with Gasteiger partial charge in [-0.15, -0.1) is 0 Å². The van der Waals surface area contributed by atoms with Crippen LogP contribution in [-0.4, -0.2) is 16.6 Å². The van der Waals surface area contributed by atoms with Crippen molar-refractivity contribution in [2.75, 3.05) is 6.61 Å². The number of hydrogen-bond donors (Lipinski definition) is 1. The second-order valence-electron chi connectivity index (χ2n) is 2.67. The Balaban J connectivity index is 3.33. The van der Waals surface area contributed by atoms with Gasteiger partial charge in [0.15, 0.2) is 0 Å². The average molecular weight is 215 g/mol. The average Bonchev–Trinajstić information content (AvgIpc) is 2.12. The first-order valence-corrected chi connectivity index (χ1v) is 3.97. The molecule has 6 heteroatoms. The van der Waals surface area contributed by atoms with E-state index in [1.54, 1.807) is 0 Å². The van der Waals surface area contributed by atoms with Gasteiger partial charge >= 0.3 is 5.69 Å². The molecule has 1 aromatic carbocycles. The van der Waals surface area contributed by atoms with Crippen LogP contribution in [0.15, 0.2) is 18.2 Å². The summed E-state index contributed by atoms with van der Waals surface area (Å²) in [5, 5.41) is 18.9. The fourth-order valence-electron chi connectivity index (χ4n) is 1.09. The van der Waals surface area contributed by atoms with Crippen molar-refractivity contribution in [3.8, 4) is 0 Å². The molecule has 0 bridgehead atoms. The molecule has 1 rings (SSSR count). The highest BCUT2D eigenvalue weighted by molar-refractivity contribution is 5.61. The van der Waals surface area contributed by atoms with Gasteiger partial charge in [-0.05, 0) is 12.1 Å². The number of hydrogen-bond acceptors (Lipinski definition) is 3. The Hall–Kier alpha value is -1.82. The molecule has 0 unspecified atom stereocenters. The molecule has 0 aliphatic carbocycles. The zero-order valence-electron chi connectivity index (χ0n) is 7.48. The third-order valence-electron chi connectivity index (χ3n) is 1.64. The summed E-state index contributed by atoms with van der Waals surface area (Å²) in [6.45, 7) is -0.366. The van der Waals surface area contributed by atoms with Crippen LogP contribution in [0.3, 0.4) is 0 Å². The Labute approximate surface area is 83.6 Å². The summed E-state index contributed by atoms with van der Waals surface area (Å²) in [5.74, 6) is -2.15. The van der Waals surface area contributed by atoms with Crippen LogP contribution in [0, 0.1) is 21.7 Å². The van der Waals surface area contributed by atoms with E-state index in [4.69, 9.17) is 5.11 Å². The first kappa shape index (κ1) is 11.3. The van der Waals surface area contributed by atoms with Gasteiger partial charge in [0.25, 0.3) is 0 Å². The SMILES string of the molecule is O=[N+]([O-])c1c(F)cc(F)cc1C=CCO. The van der Waals surface area contributed by atoms with Gasteiger partial charge in [-0.3, -0.25) is 10.1 Å². The molecule has 0 aliphatic rings. The molecule has 1 aromatic rings. The van der Waals surface area contributed by atoms with Crippen LogP contribution in [0.2, 0.25) is 0 Å². The number of nitro groups is 1. The standard InChI is InChI=1S/C9H7F2NO3/c10-7-4-6(2-1-3-13)9(12(14)15)8(11)5-7/h1-2,4-5,13H,3H2. The smallest absolute Gasteiger partial charge is 0.312 e. The highest BCUT2D eigenvalue weighted by Crippen LogP contribution is 2.24. The zero-order chi connectivity index (χ0) is 11.4. The molecule has 0 aliphatic heterocycles. The summed E-state index contributed by atoms with van der Waals surface area (Å²) in [6, 6.07) is 1.27. The predicted octanol–water partition coefficient (Wildman–Crippen LogP) is 1.88. The highest BCUT2D eigenvalue weighted by Gasteiger charge is 2.19. The molecule has 4 nitrogen and oxygen atoms in total. The Kier molecular flexibility index (Phi) is 3.46. The minimum absolute atomic E-state index is 0.216. The van der Waals surface area contributed by atoms with Gasteiger partial charge in [0, 0.05) is 6.07 Å². The number of nitro benzene ring substituents is 1. The lowest BCUT2D eigenvalue weighted by atomic mass is 10.1. The van der Waals surface area contributed by atoms with Crippen molar-refractivity contribution in [2.45, 2.75) is 0 Å². The van der Waals surface area contributed by atoms with E-state index in [2.05, 4.69) is 0 Å². The van der Waals surface area contributed by atoms with Crippen molar-refractivity contribution < 1.29 is 18.8 Å². The fraction of sp³-hybridized carbons (Fsp3) is 0.111. The summed E-state index contributed by atoms with van der Waals surface area (Å²) in [5.41, 5.74) is -1.02. The second kappa shape index (κ2) is 4.61. The Morgan fingerprint density at radius 2 is 2.13 bits per heavy atom. The minimum atomic E-state index is -1.24. The molecule has 80 valence electrons. The molecule has 0 aromatic heterocycles. The molecule has 0 heterocycles. The molecule has 0 fully saturated rings. The third-order valence-corrected chi connectivity index (χ3v) is 1.64. The first-order valence-electron chi connectivity index (χ1n) is 3.97. The predicted molar refractivity (Wildman–Crippen MR) is 49.1 cm³/mol. The molecular weight excluding hydrogens is 208 g/mol. The number of rotatable bonds is 3. The van der Waals surface area contributed by atoms with Crippen LogP contribution in [-0.2, 0) is 0 Å². The number of aliphatic hydroxyl groups excluding tert-OH is 1. The van der Waals surface area contributed by atoms with E-state index < -0.39 is 22.2 Å². The van der Waals surface area contributed by atoms with Crippen LogP contribution in [0.4, 0.5) is 14.5 Å². The number of aliphatic hydroxyl groups is 1. The van der Waals surface area contributed by atoms with E-state index in [9.17, 15) is 18.9 Å². The zero-order valence-corrected chi connectivity index (χ0v) is 7.48. The molecule has 15 heavy (non-hydrogen) atoms. The van der Waals surface area contributed by atoms with E-state index in [1.165, 1.54) is 0 Å². The molecule has 0 saturated carbocycles. The van der Waals surface area contributed by atoms with Crippen molar-refractivity contribution in [1.29, 1.82) is 0 Å². The van der Waals surface area contributed by atoms with E-state index >= 15 is 0 Å². The van der Waals surface area contributed by atoms with Gasteiger partial charge in [-0.2, -0.15) is 4.39 Å². The molecule has 0 radical (unpaired) electrons. The topological polar surface area (TPSA) is 63.4 Å².